The maximum atomic E-state index is 14.3. The molecule has 1 fully saturated rings. The molecule has 4 aromatic rings. The van der Waals surface area contributed by atoms with Gasteiger partial charge < -0.3 is 15.5 Å². The number of aromatic hydroxyl groups is 2. The number of fused-ring (bicyclic) bond motifs is 1. The fourth-order valence-corrected chi connectivity index (χ4v) is 4.78. The first-order chi connectivity index (χ1) is 17.9. The molecule has 10 heteroatoms. The van der Waals surface area contributed by atoms with Crippen molar-refractivity contribution >= 4 is 28.5 Å². The summed E-state index contributed by atoms with van der Waals surface area (Å²) in [7, 11) is 0. The summed E-state index contributed by atoms with van der Waals surface area (Å²) in [5, 5.41) is 31.3. The van der Waals surface area contributed by atoms with E-state index in [0.717, 1.165) is 25.7 Å². The van der Waals surface area contributed by atoms with Crippen LogP contribution in [0.15, 0.2) is 66.7 Å². The SMILES string of the molecule is O=C(NC1CCCC1)[C@@H](c1ccc(O)c(O)c1)N(C(=O)Cn1nnc2ccccc21)c1cccc(F)c1. The van der Waals surface area contributed by atoms with Crippen LogP contribution in [0.1, 0.15) is 37.3 Å². The molecule has 0 aliphatic heterocycles. The number of halogens is 1. The molecule has 1 aromatic heterocycles. The molecule has 3 N–H and O–H groups in total. The van der Waals surface area contributed by atoms with Gasteiger partial charge in [-0.25, -0.2) is 9.07 Å². The van der Waals surface area contributed by atoms with E-state index in [-0.39, 0.29) is 29.6 Å². The summed E-state index contributed by atoms with van der Waals surface area (Å²) in [6, 6.07) is 15.2. The Bertz CT molecular complexity index is 1450. The van der Waals surface area contributed by atoms with Crippen molar-refractivity contribution in [1.82, 2.24) is 20.3 Å². The number of hydrogen-bond donors (Lipinski definition) is 3. The lowest BCUT2D eigenvalue weighted by atomic mass is 10.0. The second-order valence-electron chi connectivity index (χ2n) is 9.12. The molecule has 1 heterocycles. The number of anilines is 1. The Hall–Kier alpha value is -4.47. The van der Waals surface area contributed by atoms with E-state index in [1.807, 2.05) is 6.07 Å². The molecule has 0 unspecified atom stereocenters. The molecule has 9 nitrogen and oxygen atoms in total. The van der Waals surface area contributed by atoms with Gasteiger partial charge in [-0.05, 0) is 60.9 Å². The van der Waals surface area contributed by atoms with Gasteiger partial charge in [-0.2, -0.15) is 0 Å². The summed E-state index contributed by atoms with van der Waals surface area (Å²) in [5.74, 6) is -2.40. The van der Waals surface area contributed by atoms with E-state index in [0.29, 0.717) is 11.0 Å². The zero-order valence-corrected chi connectivity index (χ0v) is 19.9. The lowest BCUT2D eigenvalue weighted by molar-refractivity contribution is -0.127. The molecule has 1 atom stereocenters. The van der Waals surface area contributed by atoms with Gasteiger partial charge in [0.05, 0.1) is 5.52 Å². The van der Waals surface area contributed by atoms with E-state index < -0.39 is 29.4 Å². The normalized spacial score (nSPS) is 14.5. The van der Waals surface area contributed by atoms with Gasteiger partial charge in [-0.15, -0.1) is 5.10 Å². The molecule has 0 bridgehead atoms. The predicted octanol–water partition coefficient (Wildman–Crippen LogP) is 3.81. The predicted molar refractivity (Wildman–Crippen MR) is 134 cm³/mol. The average Bonchev–Trinajstić information content (AvgIpc) is 3.54. The first kappa shape index (κ1) is 24.2. The van der Waals surface area contributed by atoms with Gasteiger partial charge in [0, 0.05) is 11.7 Å². The second kappa shape index (κ2) is 10.3. The molecule has 5 rings (SSSR count). The van der Waals surface area contributed by atoms with Crippen LogP contribution in [0.25, 0.3) is 11.0 Å². The van der Waals surface area contributed by atoms with Crippen LogP contribution in [-0.4, -0.2) is 43.1 Å². The highest BCUT2D eigenvalue weighted by molar-refractivity contribution is 6.01. The number of phenols is 2. The summed E-state index contributed by atoms with van der Waals surface area (Å²) in [6.45, 7) is -0.270. The minimum atomic E-state index is -1.25. The molecule has 1 aliphatic rings. The van der Waals surface area contributed by atoms with Gasteiger partial charge in [0.2, 0.25) is 11.8 Å². The topological polar surface area (TPSA) is 121 Å². The Morgan fingerprint density at radius 1 is 1.03 bits per heavy atom. The third-order valence-electron chi connectivity index (χ3n) is 6.58. The smallest absolute Gasteiger partial charge is 0.249 e. The van der Waals surface area contributed by atoms with E-state index >= 15 is 0 Å². The van der Waals surface area contributed by atoms with Crippen LogP contribution < -0.4 is 10.2 Å². The number of phenolic OH excluding ortho intramolecular Hbond substituents is 2. The lowest BCUT2D eigenvalue weighted by Crippen LogP contribution is -2.47. The number of hydrogen-bond acceptors (Lipinski definition) is 6. The number of para-hydroxylation sites is 1. The molecule has 37 heavy (non-hydrogen) atoms. The molecular weight excluding hydrogens is 477 g/mol. The molecule has 1 aliphatic carbocycles. The van der Waals surface area contributed by atoms with Gasteiger partial charge in [-0.3, -0.25) is 14.5 Å². The van der Waals surface area contributed by atoms with Crippen LogP contribution in [0, 0.1) is 5.82 Å². The van der Waals surface area contributed by atoms with Gasteiger partial charge >= 0.3 is 0 Å². The van der Waals surface area contributed by atoms with Crippen molar-refractivity contribution in [1.29, 1.82) is 0 Å². The van der Waals surface area contributed by atoms with Crippen LogP contribution in [0.5, 0.6) is 11.5 Å². The molecule has 2 amide bonds. The maximum absolute atomic E-state index is 14.3. The van der Waals surface area contributed by atoms with Gasteiger partial charge in [0.1, 0.15) is 23.9 Å². The summed E-state index contributed by atoms with van der Waals surface area (Å²) in [5.41, 5.74) is 1.65. The molecule has 0 saturated heterocycles. The number of rotatable bonds is 7. The monoisotopic (exact) mass is 503 g/mol. The van der Waals surface area contributed by atoms with Gasteiger partial charge in [0.25, 0.3) is 0 Å². The number of benzene rings is 3. The summed E-state index contributed by atoms with van der Waals surface area (Å²) in [4.78, 5) is 28.8. The zero-order chi connectivity index (χ0) is 25.9. The summed E-state index contributed by atoms with van der Waals surface area (Å²) in [6.07, 6.45) is 3.61. The first-order valence-electron chi connectivity index (χ1n) is 12.1. The Morgan fingerprint density at radius 2 is 1.81 bits per heavy atom. The largest absolute Gasteiger partial charge is 0.504 e. The van der Waals surface area contributed by atoms with Crippen LogP contribution in [-0.2, 0) is 16.1 Å². The fraction of sp³-hybridized carbons (Fsp3) is 0.259. The highest BCUT2D eigenvalue weighted by Crippen LogP contribution is 2.34. The third kappa shape index (κ3) is 5.09. The number of carbonyl (C=O) groups excluding carboxylic acids is 2. The number of carbonyl (C=O) groups is 2. The van der Waals surface area contributed by atoms with Crippen molar-refractivity contribution in [3.8, 4) is 11.5 Å². The Morgan fingerprint density at radius 3 is 2.57 bits per heavy atom. The van der Waals surface area contributed by atoms with Gasteiger partial charge in [0.15, 0.2) is 11.5 Å². The molecule has 3 aromatic carbocycles. The van der Waals surface area contributed by atoms with Crippen molar-refractivity contribution in [3.05, 3.63) is 78.1 Å². The van der Waals surface area contributed by atoms with E-state index in [9.17, 15) is 24.2 Å². The van der Waals surface area contributed by atoms with E-state index in [2.05, 4.69) is 15.6 Å². The lowest BCUT2D eigenvalue weighted by Gasteiger charge is -2.32. The Balaban J connectivity index is 1.59. The average molecular weight is 504 g/mol. The van der Waals surface area contributed by atoms with Crippen LogP contribution in [0.4, 0.5) is 10.1 Å². The fourth-order valence-electron chi connectivity index (χ4n) is 4.78. The second-order valence-corrected chi connectivity index (χ2v) is 9.12. The number of aromatic nitrogens is 3. The van der Waals surface area contributed by atoms with Crippen LogP contribution in [0.3, 0.4) is 0 Å². The molecule has 0 radical (unpaired) electrons. The molecule has 1 saturated carbocycles. The van der Waals surface area contributed by atoms with Crippen molar-refractivity contribution in [2.75, 3.05) is 4.90 Å². The Kier molecular flexibility index (Phi) is 6.72. The minimum absolute atomic E-state index is 0.0515. The quantitative estimate of drug-likeness (QED) is 0.330. The minimum Gasteiger partial charge on any atom is -0.504 e. The number of amides is 2. The molecule has 190 valence electrons. The highest BCUT2D eigenvalue weighted by Gasteiger charge is 2.35. The summed E-state index contributed by atoms with van der Waals surface area (Å²) >= 11 is 0. The van der Waals surface area contributed by atoms with Crippen molar-refractivity contribution in [3.63, 3.8) is 0 Å². The zero-order valence-electron chi connectivity index (χ0n) is 19.9. The van der Waals surface area contributed by atoms with E-state index in [1.165, 1.54) is 52.0 Å². The van der Waals surface area contributed by atoms with Crippen molar-refractivity contribution in [2.45, 2.75) is 44.3 Å². The standard InChI is InChI=1S/C27H26FN5O4/c28-18-6-5-9-20(15-18)33(25(36)16-32-22-11-4-3-10-21(22)30-31-32)26(17-12-13-23(34)24(35)14-17)27(37)29-19-7-1-2-8-19/h3-6,9-15,19,26,34-35H,1-2,7-8,16H2,(H,29,37)/t26-/m1/s1. The maximum Gasteiger partial charge on any atom is 0.249 e. The van der Waals surface area contributed by atoms with Gasteiger partial charge in [-0.1, -0.05) is 42.3 Å². The van der Waals surface area contributed by atoms with E-state index in [4.69, 9.17) is 0 Å². The molecular formula is C27H26FN5O4. The number of nitrogens with zero attached hydrogens (tertiary/aromatic N) is 4. The van der Waals surface area contributed by atoms with Crippen molar-refractivity contribution < 1.29 is 24.2 Å². The molecule has 0 spiro atoms. The van der Waals surface area contributed by atoms with Crippen molar-refractivity contribution in [2.24, 2.45) is 0 Å². The highest BCUT2D eigenvalue weighted by atomic mass is 19.1. The number of nitrogens with one attached hydrogen (secondary N) is 1. The van der Waals surface area contributed by atoms with Crippen LogP contribution >= 0.6 is 0 Å². The Labute approximate surface area is 212 Å². The van der Waals surface area contributed by atoms with Crippen LogP contribution in [0.2, 0.25) is 0 Å². The first-order valence-corrected chi connectivity index (χ1v) is 12.1. The van der Waals surface area contributed by atoms with E-state index in [1.54, 1.807) is 18.2 Å². The summed E-state index contributed by atoms with van der Waals surface area (Å²) < 4.78 is 15.8. The third-order valence-corrected chi connectivity index (χ3v) is 6.58.